The van der Waals surface area contributed by atoms with Crippen molar-refractivity contribution >= 4 is 10.9 Å². The zero-order valence-corrected chi connectivity index (χ0v) is 12.6. The van der Waals surface area contributed by atoms with E-state index in [1.54, 1.807) is 0 Å². The van der Waals surface area contributed by atoms with Crippen LogP contribution in [0.2, 0.25) is 0 Å². The van der Waals surface area contributed by atoms with E-state index in [1.165, 1.54) is 37.5 Å². The van der Waals surface area contributed by atoms with Gasteiger partial charge in [0.05, 0.1) is 5.52 Å². The summed E-state index contributed by atoms with van der Waals surface area (Å²) in [5, 5.41) is 1.21. The molecule has 2 heteroatoms. The molecule has 2 N–H and O–H groups in total. The van der Waals surface area contributed by atoms with Crippen LogP contribution >= 0.6 is 0 Å². The molecule has 2 aromatic rings. The van der Waals surface area contributed by atoms with Gasteiger partial charge in [0.25, 0.3) is 0 Å². The third-order valence-corrected chi connectivity index (χ3v) is 5.40. The van der Waals surface area contributed by atoms with Crippen LogP contribution in [0.25, 0.3) is 10.9 Å². The van der Waals surface area contributed by atoms with Gasteiger partial charge in [-0.05, 0) is 49.7 Å². The monoisotopic (exact) mass is 280 g/mol. The molecular formula is C19H24N2. The van der Waals surface area contributed by atoms with Crippen molar-refractivity contribution in [1.29, 1.82) is 0 Å². The molecule has 0 aliphatic heterocycles. The van der Waals surface area contributed by atoms with Crippen LogP contribution in [-0.2, 0) is 6.42 Å². The highest BCUT2D eigenvalue weighted by molar-refractivity contribution is 5.78. The van der Waals surface area contributed by atoms with Gasteiger partial charge in [0.1, 0.15) is 0 Å². The Kier molecular flexibility index (Phi) is 3.22. The quantitative estimate of drug-likeness (QED) is 0.920. The normalized spacial score (nSPS) is 29.7. The maximum atomic E-state index is 6.75. The van der Waals surface area contributed by atoms with Crippen LogP contribution in [0.1, 0.15) is 44.2 Å². The van der Waals surface area contributed by atoms with Crippen molar-refractivity contribution in [2.45, 2.75) is 50.5 Å². The van der Waals surface area contributed by atoms with Crippen molar-refractivity contribution < 1.29 is 0 Å². The summed E-state index contributed by atoms with van der Waals surface area (Å²) >= 11 is 0. The molecule has 2 unspecified atom stereocenters. The second kappa shape index (κ2) is 5.10. The molecule has 2 aliphatic rings. The van der Waals surface area contributed by atoms with E-state index in [9.17, 15) is 0 Å². The van der Waals surface area contributed by atoms with Gasteiger partial charge in [0.15, 0.2) is 0 Å². The molecule has 4 rings (SSSR count). The summed E-state index contributed by atoms with van der Waals surface area (Å²) < 4.78 is 0. The molecule has 110 valence electrons. The minimum absolute atomic E-state index is 0.0268. The second-order valence-electron chi connectivity index (χ2n) is 7.23. The summed E-state index contributed by atoms with van der Waals surface area (Å²) in [4.78, 5) is 4.82. The number of nitrogens with zero attached hydrogens (tertiary/aromatic N) is 1. The van der Waals surface area contributed by atoms with Crippen LogP contribution in [0, 0.1) is 11.8 Å². The first-order valence-electron chi connectivity index (χ1n) is 8.35. The van der Waals surface area contributed by atoms with Gasteiger partial charge in [-0.15, -0.1) is 0 Å². The highest BCUT2D eigenvalue weighted by atomic mass is 14.8. The molecular weight excluding hydrogens is 256 g/mol. The Morgan fingerprint density at radius 2 is 1.90 bits per heavy atom. The molecule has 0 spiro atoms. The fourth-order valence-corrected chi connectivity index (χ4v) is 4.14. The van der Waals surface area contributed by atoms with Crippen molar-refractivity contribution in [2.75, 3.05) is 0 Å². The molecule has 0 radical (unpaired) electrons. The SMILES string of the molecule is NC1(Cc2ccc3ccccc3n2)CCCC(C2CC2)C1. The molecule has 1 aromatic carbocycles. The van der Waals surface area contributed by atoms with Gasteiger partial charge in [-0.25, -0.2) is 0 Å². The van der Waals surface area contributed by atoms with Gasteiger partial charge in [0, 0.05) is 23.0 Å². The van der Waals surface area contributed by atoms with Crippen LogP contribution < -0.4 is 5.73 Å². The Balaban J connectivity index is 1.54. The number of rotatable bonds is 3. The van der Waals surface area contributed by atoms with Crippen molar-refractivity contribution in [2.24, 2.45) is 17.6 Å². The summed E-state index contributed by atoms with van der Waals surface area (Å²) in [7, 11) is 0. The van der Waals surface area contributed by atoms with E-state index in [4.69, 9.17) is 10.7 Å². The summed E-state index contributed by atoms with van der Waals surface area (Å²) in [5.74, 6) is 1.86. The Morgan fingerprint density at radius 1 is 1.05 bits per heavy atom. The third-order valence-electron chi connectivity index (χ3n) is 5.40. The maximum absolute atomic E-state index is 6.75. The number of hydrogen-bond acceptors (Lipinski definition) is 2. The Labute approximate surface area is 126 Å². The predicted molar refractivity (Wildman–Crippen MR) is 87.0 cm³/mol. The Bertz CT molecular complexity index is 647. The second-order valence-corrected chi connectivity index (χ2v) is 7.23. The van der Waals surface area contributed by atoms with E-state index < -0.39 is 0 Å². The number of pyridine rings is 1. The lowest BCUT2D eigenvalue weighted by Gasteiger charge is -2.38. The molecule has 1 aromatic heterocycles. The van der Waals surface area contributed by atoms with E-state index in [-0.39, 0.29) is 5.54 Å². The van der Waals surface area contributed by atoms with E-state index in [0.717, 1.165) is 35.9 Å². The number of benzene rings is 1. The van der Waals surface area contributed by atoms with Crippen LogP contribution in [0.15, 0.2) is 36.4 Å². The number of hydrogen-bond donors (Lipinski definition) is 1. The molecule has 0 bridgehead atoms. The molecule has 2 aliphatic carbocycles. The van der Waals surface area contributed by atoms with E-state index in [1.807, 2.05) is 0 Å². The molecule has 0 amide bonds. The highest BCUT2D eigenvalue weighted by Gasteiger charge is 2.40. The molecule has 2 atom stereocenters. The van der Waals surface area contributed by atoms with Gasteiger partial charge < -0.3 is 5.73 Å². The Morgan fingerprint density at radius 3 is 2.76 bits per heavy atom. The number of aromatic nitrogens is 1. The van der Waals surface area contributed by atoms with Crippen LogP contribution in [0.3, 0.4) is 0 Å². The topological polar surface area (TPSA) is 38.9 Å². The highest BCUT2D eigenvalue weighted by Crippen LogP contribution is 2.46. The molecule has 1 heterocycles. The van der Waals surface area contributed by atoms with Crippen molar-refractivity contribution in [3.8, 4) is 0 Å². The van der Waals surface area contributed by atoms with Gasteiger partial charge in [-0.2, -0.15) is 0 Å². The molecule has 0 saturated heterocycles. The smallest absolute Gasteiger partial charge is 0.0705 e. The first-order chi connectivity index (χ1) is 10.2. The van der Waals surface area contributed by atoms with Gasteiger partial charge >= 0.3 is 0 Å². The fourth-order valence-electron chi connectivity index (χ4n) is 4.14. The molecule has 2 nitrogen and oxygen atoms in total. The van der Waals surface area contributed by atoms with Crippen molar-refractivity contribution in [1.82, 2.24) is 4.98 Å². The zero-order chi connectivity index (χ0) is 14.3. The van der Waals surface area contributed by atoms with Gasteiger partial charge in [0.2, 0.25) is 0 Å². The standard InChI is InChI=1S/C19H24N2/c20-19(11-3-5-16(12-19)14-7-8-14)13-17-10-9-15-4-1-2-6-18(15)21-17/h1-2,4,6,9-10,14,16H,3,5,7-8,11-13,20H2. The minimum Gasteiger partial charge on any atom is -0.325 e. The average molecular weight is 280 g/mol. The van der Waals surface area contributed by atoms with Crippen LogP contribution in [0.5, 0.6) is 0 Å². The summed E-state index contributed by atoms with van der Waals surface area (Å²) in [6.07, 6.45) is 8.86. The van der Waals surface area contributed by atoms with E-state index >= 15 is 0 Å². The largest absolute Gasteiger partial charge is 0.325 e. The maximum Gasteiger partial charge on any atom is 0.0705 e. The first kappa shape index (κ1) is 13.3. The van der Waals surface area contributed by atoms with Crippen molar-refractivity contribution in [3.05, 3.63) is 42.1 Å². The number of para-hydroxylation sites is 1. The van der Waals surface area contributed by atoms with Crippen molar-refractivity contribution in [3.63, 3.8) is 0 Å². The first-order valence-corrected chi connectivity index (χ1v) is 8.35. The summed E-state index contributed by atoms with van der Waals surface area (Å²) in [6, 6.07) is 12.7. The lowest BCUT2D eigenvalue weighted by molar-refractivity contribution is 0.203. The molecule has 2 saturated carbocycles. The van der Waals surface area contributed by atoms with Gasteiger partial charge in [-0.3, -0.25) is 4.98 Å². The summed E-state index contributed by atoms with van der Waals surface area (Å²) in [5.41, 5.74) is 8.98. The molecule has 2 fully saturated rings. The van der Waals surface area contributed by atoms with Gasteiger partial charge in [-0.1, -0.05) is 37.1 Å². The Hall–Kier alpha value is -1.41. The fraction of sp³-hybridized carbons (Fsp3) is 0.526. The predicted octanol–water partition coefficient (Wildman–Crippen LogP) is 4.08. The van der Waals surface area contributed by atoms with Crippen LogP contribution in [-0.4, -0.2) is 10.5 Å². The summed E-state index contributed by atoms with van der Waals surface area (Å²) in [6.45, 7) is 0. The number of nitrogens with two attached hydrogens (primary N) is 1. The van der Waals surface area contributed by atoms with E-state index in [0.29, 0.717) is 0 Å². The zero-order valence-electron chi connectivity index (χ0n) is 12.6. The average Bonchev–Trinajstić information content (AvgIpc) is 3.31. The third kappa shape index (κ3) is 2.82. The number of fused-ring (bicyclic) bond motifs is 1. The molecule has 21 heavy (non-hydrogen) atoms. The lowest BCUT2D eigenvalue weighted by atomic mass is 9.72. The van der Waals surface area contributed by atoms with Crippen LogP contribution in [0.4, 0.5) is 0 Å². The minimum atomic E-state index is -0.0268. The van der Waals surface area contributed by atoms with E-state index in [2.05, 4.69) is 36.4 Å². The lowest BCUT2D eigenvalue weighted by Crippen LogP contribution is -2.46.